The van der Waals surface area contributed by atoms with Crippen LogP contribution in [0.25, 0.3) is 0 Å². The normalized spacial score (nSPS) is 12.3. The molecule has 0 amide bonds. The van der Waals surface area contributed by atoms with Gasteiger partial charge in [-0.3, -0.25) is 0 Å². The Hall–Kier alpha value is 1.10. The molecule has 8 unspecified atom stereocenters. The predicted octanol–water partition coefficient (Wildman–Crippen LogP) is 1.02. The van der Waals surface area contributed by atoms with E-state index >= 15 is 0 Å². The lowest BCUT2D eigenvalue weighted by Gasteiger charge is -1.50. The van der Waals surface area contributed by atoms with E-state index in [4.69, 9.17) is 29.4 Å². The Labute approximate surface area is 139 Å². The zero-order valence-electron chi connectivity index (χ0n) is 10.5. The van der Waals surface area contributed by atoms with E-state index in [2.05, 4.69) is 12.9 Å². The van der Waals surface area contributed by atoms with E-state index in [1.54, 1.807) is 0 Å². The SMILES string of the molecule is O=[P+](O)O[P+](=O)O.O=[P+](O)O[P+](=O)O.O=[P+](O)O[P+](=O)O.P.P. The number of hydrogen-bond acceptors (Lipinski definition) is 9. The molecule has 0 aliphatic rings. The van der Waals surface area contributed by atoms with E-state index in [0.717, 1.165) is 0 Å². The zero-order chi connectivity index (χ0) is 17.6. The lowest BCUT2D eigenvalue weighted by atomic mass is 15.8. The van der Waals surface area contributed by atoms with Crippen LogP contribution in [-0.4, -0.2) is 29.4 Å². The van der Waals surface area contributed by atoms with Crippen LogP contribution < -0.4 is 0 Å². The first-order valence-corrected chi connectivity index (χ1v) is 10.2. The molecule has 0 saturated carbocycles. The second kappa shape index (κ2) is 23.1. The van der Waals surface area contributed by atoms with Crippen LogP contribution in [0, 0.1) is 0 Å². The molecule has 0 aromatic heterocycles. The van der Waals surface area contributed by atoms with Crippen molar-refractivity contribution in [2.75, 3.05) is 0 Å². The Morgan fingerprint density at radius 1 is 0.391 bits per heavy atom. The fourth-order valence-electron chi connectivity index (χ4n) is 0.179. The Bertz CT molecular complexity index is 312. The van der Waals surface area contributed by atoms with Crippen LogP contribution in [0.4, 0.5) is 0 Å². The summed E-state index contributed by atoms with van der Waals surface area (Å²) in [5.41, 5.74) is 0. The summed E-state index contributed by atoms with van der Waals surface area (Å²) in [5.74, 6) is 0. The zero-order valence-corrected chi connectivity index (χ0v) is 18.7. The number of rotatable bonds is 6. The molecule has 6 N–H and O–H groups in total. The molecule has 0 aliphatic carbocycles. The van der Waals surface area contributed by atoms with Crippen molar-refractivity contribution in [3.8, 4) is 0 Å². The van der Waals surface area contributed by atoms with Gasteiger partial charge in [0, 0.05) is 27.4 Å². The highest BCUT2D eigenvalue weighted by Crippen LogP contribution is 2.31. The van der Waals surface area contributed by atoms with Gasteiger partial charge in [0.1, 0.15) is 0 Å². The average Bonchev–Trinajstić information content (AvgIpc) is 2.10. The third kappa shape index (κ3) is 59.9. The maximum atomic E-state index is 9.39. The Morgan fingerprint density at radius 2 is 0.478 bits per heavy atom. The highest BCUT2D eigenvalue weighted by Gasteiger charge is 2.32. The molecule has 23 heteroatoms. The topological polar surface area (TPSA) is 251 Å². The van der Waals surface area contributed by atoms with Crippen molar-refractivity contribution in [1.82, 2.24) is 0 Å². The van der Waals surface area contributed by atoms with Crippen LogP contribution in [0.1, 0.15) is 0 Å². The van der Waals surface area contributed by atoms with E-state index in [1.165, 1.54) is 0 Å². The molecule has 0 aromatic rings. The molecular weight excluding hydrogens is 488 g/mol. The molecule has 0 spiro atoms. The monoisotopic (exact) mass is 500 g/mol. The highest BCUT2D eigenvalue weighted by atomic mass is 31.2. The molecule has 0 heterocycles. The van der Waals surface area contributed by atoms with E-state index in [0.29, 0.717) is 0 Å². The van der Waals surface area contributed by atoms with Crippen LogP contribution in [0.2, 0.25) is 0 Å². The van der Waals surface area contributed by atoms with Crippen molar-refractivity contribution in [3.63, 3.8) is 0 Å². The summed E-state index contributed by atoms with van der Waals surface area (Å²) in [6, 6.07) is 0. The van der Waals surface area contributed by atoms with Crippen molar-refractivity contribution < 1.29 is 69.7 Å². The fraction of sp³-hybridized carbons (Fsp3) is 0. The lowest BCUT2D eigenvalue weighted by Crippen LogP contribution is -1.58. The third-order valence-electron chi connectivity index (χ3n) is 0.419. The Kier molecular flexibility index (Phi) is 35.4. The molecule has 0 aliphatic heterocycles. The molecule has 0 bridgehead atoms. The summed E-state index contributed by atoms with van der Waals surface area (Å²) >= 11 is 0. The smallest absolute Gasteiger partial charge is 0.153 e. The molecule has 0 saturated heterocycles. The van der Waals surface area contributed by atoms with Crippen molar-refractivity contribution >= 4 is 69.3 Å². The summed E-state index contributed by atoms with van der Waals surface area (Å²) in [6.45, 7) is 0. The van der Waals surface area contributed by atoms with Gasteiger partial charge in [-0.05, 0) is 0 Å². The van der Waals surface area contributed by atoms with Gasteiger partial charge in [-0.2, -0.15) is 19.8 Å². The molecule has 0 aromatic carbocycles. The van der Waals surface area contributed by atoms with Gasteiger partial charge in [-0.15, -0.1) is 29.4 Å². The van der Waals surface area contributed by atoms with E-state index in [-0.39, 0.29) is 19.8 Å². The first-order valence-electron chi connectivity index (χ1n) is 3.39. The van der Waals surface area contributed by atoms with Crippen LogP contribution in [-0.2, 0) is 40.3 Å². The molecule has 8 atom stereocenters. The van der Waals surface area contributed by atoms with E-state index in [9.17, 15) is 27.4 Å². The van der Waals surface area contributed by atoms with Crippen LogP contribution in [0.3, 0.4) is 0 Å². The maximum absolute atomic E-state index is 9.39. The third-order valence-corrected chi connectivity index (χ3v) is 3.77. The summed E-state index contributed by atoms with van der Waals surface area (Å²) in [6.07, 6.45) is 0. The summed E-state index contributed by atoms with van der Waals surface area (Å²) in [4.78, 5) is 46.0. The van der Waals surface area contributed by atoms with Crippen LogP contribution >= 0.6 is 69.3 Å². The van der Waals surface area contributed by atoms with Crippen molar-refractivity contribution in [3.05, 3.63) is 0 Å². The standard InChI is InChI=1S/3O5P2.2H3P/c3*1-6(2)5-7(3)4;;/h;;;2*1H3/p+6. The first-order chi connectivity index (χ1) is 9.38. The van der Waals surface area contributed by atoms with Gasteiger partial charge in [-0.25, -0.2) is 0 Å². The van der Waals surface area contributed by atoms with Gasteiger partial charge >= 0.3 is 49.5 Å². The molecular formula is H12O15P8+6. The lowest BCUT2D eigenvalue weighted by molar-refractivity contribution is 0.368. The second-order valence-corrected chi connectivity index (χ2v) is 6.49. The van der Waals surface area contributed by atoms with E-state index < -0.39 is 49.5 Å². The summed E-state index contributed by atoms with van der Waals surface area (Å²) in [5, 5.41) is 0. The van der Waals surface area contributed by atoms with Gasteiger partial charge in [0.25, 0.3) is 0 Å². The minimum Gasteiger partial charge on any atom is -0.153 e. The molecule has 23 heavy (non-hydrogen) atoms. The second-order valence-electron chi connectivity index (χ2n) is 1.67. The molecule has 0 fully saturated rings. The quantitative estimate of drug-likeness (QED) is 0.279. The molecule has 136 valence electrons. The minimum atomic E-state index is -2.92. The molecule has 0 radical (unpaired) electrons. The van der Waals surface area contributed by atoms with Crippen LogP contribution in [0.5, 0.6) is 0 Å². The Morgan fingerprint density at radius 3 is 0.478 bits per heavy atom. The maximum Gasteiger partial charge on any atom is 0.745 e. The minimum absolute atomic E-state index is 0. The summed E-state index contributed by atoms with van der Waals surface area (Å²) < 4.78 is 66.5. The van der Waals surface area contributed by atoms with Gasteiger partial charge in [-0.1, -0.05) is 0 Å². The highest BCUT2D eigenvalue weighted by molar-refractivity contribution is 7.47. The largest absolute Gasteiger partial charge is 0.745 e. The fourth-order valence-corrected chi connectivity index (χ4v) is 1.61. The molecule has 0 rings (SSSR count). The number of hydrogen-bond donors (Lipinski definition) is 6. The van der Waals surface area contributed by atoms with Gasteiger partial charge in [0.2, 0.25) is 0 Å². The van der Waals surface area contributed by atoms with Crippen LogP contribution in [0.15, 0.2) is 0 Å². The van der Waals surface area contributed by atoms with Gasteiger partial charge in [0.05, 0.1) is 0 Å². The average molecular weight is 500 g/mol. The van der Waals surface area contributed by atoms with Crippen molar-refractivity contribution in [2.24, 2.45) is 0 Å². The van der Waals surface area contributed by atoms with Crippen molar-refractivity contribution in [2.45, 2.75) is 0 Å². The van der Waals surface area contributed by atoms with Gasteiger partial charge < -0.3 is 0 Å². The van der Waals surface area contributed by atoms with E-state index in [1.807, 2.05) is 0 Å². The Balaban J connectivity index is -0.0000000675. The first kappa shape index (κ1) is 35.3. The summed E-state index contributed by atoms with van der Waals surface area (Å²) in [7, 11) is -17.5. The van der Waals surface area contributed by atoms with Gasteiger partial charge in [0.15, 0.2) is 12.9 Å². The van der Waals surface area contributed by atoms with Crippen molar-refractivity contribution in [1.29, 1.82) is 0 Å². The predicted molar refractivity (Wildman–Crippen MR) is 84.4 cm³/mol. The molecule has 15 nitrogen and oxygen atoms in total.